The number of carbonyl (C=O) groups is 2. The Bertz CT molecular complexity index is 1450. The number of amides is 2. The van der Waals surface area contributed by atoms with E-state index < -0.39 is 5.60 Å². The van der Waals surface area contributed by atoms with Gasteiger partial charge in [0.15, 0.2) is 0 Å². The number of nitrogens with zero attached hydrogens (tertiary/aromatic N) is 3. The van der Waals surface area contributed by atoms with E-state index in [0.717, 1.165) is 78.6 Å². The Hall–Kier alpha value is -3.39. The normalized spacial score (nSPS) is 20.0. The van der Waals surface area contributed by atoms with Crippen LogP contribution in [0.2, 0.25) is 0 Å². The van der Waals surface area contributed by atoms with Gasteiger partial charge in [-0.15, -0.1) is 0 Å². The second-order valence-electron chi connectivity index (χ2n) is 13.0. The van der Waals surface area contributed by atoms with Gasteiger partial charge in [-0.25, -0.2) is 9.78 Å². The van der Waals surface area contributed by atoms with Gasteiger partial charge in [-0.3, -0.25) is 4.79 Å². The number of hydrogen-bond acceptors (Lipinski definition) is 5. The molecule has 0 spiro atoms. The molecule has 0 saturated carbocycles. The lowest BCUT2D eigenvalue weighted by atomic mass is 9.86. The minimum Gasteiger partial charge on any atom is -0.444 e. The Kier molecular flexibility index (Phi) is 7.53. The van der Waals surface area contributed by atoms with E-state index in [0.29, 0.717) is 32.0 Å². The number of ether oxygens (including phenoxy) is 2. The number of fused-ring (bicyclic) bond motifs is 2. The number of pyridine rings is 1. The maximum atomic E-state index is 13.4. The van der Waals surface area contributed by atoms with Crippen LogP contribution in [0.1, 0.15) is 81.2 Å². The van der Waals surface area contributed by atoms with E-state index in [4.69, 9.17) is 9.47 Å². The van der Waals surface area contributed by atoms with Crippen LogP contribution in [-0.4, -0.2) is 63.7 Å². The van der Waals surface area contributed by atoms with Crippen LogP contribution < -0.4 is 0 Å². The SMILES string of the molecule is Cc1c[nH]c2ncc(-c3cc4c(c(C5CCCN5C(=O)OC(C)(C)C)c3)CN(C(=O)CC3CCOCC3)CC4)cc12. The Morgan fingerprint density at radius 3 is 2.68 bits per heavy atom. The largest absolute Gasteiger partial charge is 0.444 e. The molecule has 1 N–H and O–H groups in total. The first kappa shape index (κ1) is 27.8. The summed E-state index contributed by atoms with van der Waals surface area (Å²) >= 11 is 0. The second-order valence-corrected chi connectivity index (χ2v) is 13.0. The van der Waals surface area contributed by atoms with Crippen LogP contribution in [0.5, 0.6) is 0 Å². The number of hydrogen-bond donors (Lipinski definition) is 1. The first-order valence-corrected chi connectivity index (χ1v) is 15.1. The molecule has 2 fully saturated rings. The summed E-state index contributed by atoms with van der Waals surface area (Å²) in [6.45, 7) is 11.3. The number of rotatable bonds is 4. The van der Waals surface area contributed by atoms with Crippen molar-refractivity contribution < 1.29 is 19.1 Å². The van der Waals surface area contributed by atoms with E-state index in [1.807, 2.05) is 43.0 Å². The zero-order valence-electron chi connectivity index (χ0n) is 24.8. The van der Waals surface area contributed by atoms with Crippen molar-refractivity contribution in [1.29, 1.82) is 0 Å². The van der Waals surface area contributed by atoms with Crippen molar-refractivity contribution in [2.45, 2.75) is 84.4 Å². The summed E-state index contributed by atoms with van der Waals surface area (Å²) < 4.78 is 11.3. The van der Waals surface area contributed by atoms with Gasteiger partial charge in [-0.05, 0) is 106 Å². The van der Waals surface area contributed by atoms with Crippen molar-refractivity contribution in [2.24, 2.45) is 5.92 Å². The third kappa shape index (κ3) is 5.85. The highest BCUT2D eigenvalue weighted by Crippen LogP contribution is 2.40. The number of benzene rings is 1. The number of aromatic amines is 1. The minimum absolute atomic E-state index is 0.0882. The fourth-order valence-corrected chi connectivity index (χ4v) is 6.62. The van der Waals surface area contributed by atoms with Crippen molar-refractivity contribution >= 4 is 23.0 Å². The monoisotopic (exact) mass is 558 g/mol. The van der Waals surface area contributed by atoms with Gasteiger partial charge < -0.3 is 24.3 Å². The molecule has 1 unspecified atom stereocenters. The summed E-state index contributed by atoms with van der Waals surface area (Å²) in [5.41, 5.74) is 7.23. The van der Waals surface area contributed by atoms with Crippen molar-refractivity contribution in [3.8, 4) is 11.1 Å². The smallest absolute Gasteiger partial charge is 0.410 e. The standard InChI is InChI=1S/C33H42N4O4/c1-21-18-34-31-26(21)17-25(19-35-31)24-15-23-7-11-36(30(38)14-22-8-12-40-13-9-22)20-28(23)27(16-24)29-6-5-10-37(29)32(39)41-33(2,3)4/h15-19,22,29H,5-14,20H2,1-4H3,(H,34,35). The van der Waals surface area contributed by atoms with Gasteiger partial charge in [-0.2, -0.15) is 0 Å². The van der Waals surface area contributed by atoms with Crippen molar-refractivity contribution in [3.05, 3.63) is 52.8 Å². The van der Waals surface area contributed by atoms with Gasteiger partial charge in [0.2, 0.25) is 5.91 Å². The summed E-state index contributed by atoms with van der Waals surface area (Å²) in [5, 5.41) is 1.11. The third-order valence-electron chi connectivity index (χ3n) is 8.84. The molecule has 2 amide bonds. The van der Waals surface area contributed by atoms with Gasteiger partial charge in [0.1, 0.15) is 11.2 Å². The van der Waals surface area contributed by atoms with Crippen molar-refractivity contribution in [1.82, 2.24) is 19.8 Å². The minimum atomic E-state index is -0.561. The third-order valence-corrected chi connectivity index (χ3v) is 8.84. The van der Waals surface area contributed by atoms with Crippen LogP contribution in [0.25, 0.3) is 22.2 Å². The summed E-state index contributed by atoms with van der Waals surface area (Å²) in [7, 11) is 0. The van der Waals surface area contributed by atoms with Crippen molar-refractivity contribution in [3.63, 3.8) is 0 Å². The second kappa shape index (κ2) is 11.1. The van der Waals surface area contributed by atoms with Crippen LogP contribution in [0, 0.1) is 12.8 Å². The zero-order valence-corrected chi connectivity index (χ0v) is 24.8. The first-order chi connectivity index (χ1) is 19.7. The first-order valence-electron chi connectivity index (χ1n) is 15.1. The number of aromatic nitrogens is 2. The molecule has 3 aliphatic heterocycles. The molecular weight excluding hydrogens is 516 g/mol. The highest BCUT2D eigenvalue weighted by atomic mass is 16.6. The lowest BCUT2D eigenvalue weighted by Crippen LogP contribution is -2.39. The fourth-order valence-electron chi connectivity index (χ4n) is 6.62. The Labute approximate surface area is 242 Å². The molecule has 5 heterocycles. The molecule has 6 rings (SSSR count). The lowest BCUT2D eigenvalue weighted by molar-refractivity contribution is -0.133. The molecule has 2 saturated heterocycles. The maximum absolute atomic E-state index is 13.4. The molecule has 3 aromatic rings. The zero-order chi connectivity index (χ0) is 28.7. The molecule has 218 valence electrons. The number of carbonyl (C=O) groups excluding carboxylic acids is 2. The van der Waals surface area contributed by atoms with Crippen LogP contribution in [0.4, 0.5) is 4.79 Å². The highest BCUT2D eigenvalue weighted by molar-refractivity contribution is 5.85. The predicted octanol–water partition coefficient (Wildman–Crippen LogP) is 6.31. The molecule has 1 atom stereocenters. The van der Waals surface area contributed by atoms with E-state index in [1.165, 1.54) is 11.1 Å². The molecule has 3 aliphatic rings. The van der Waals surface area contributed by atoms with Gasteiger partial charge in [-0.1, -0.05) is 6.07 Å². The summed E-state index contributed by atoms with van der Waals surface area (Å²) in [5.74, 6) is 0.627. The quantitative estimate of drug-likeness (QED) is 0.405. The van der Waals surface area contributed by atoms with Gasteiger partial charge in [0, 0.05) is 62.6 Å². The van der Waals surface area contributed by atoms with E-state index in [9.17, 15) is 9.59 Å². The van der Waals surface area contributed by atoms with E-state index in [1.54, 1.807) is 0 Å². The predicted molar refractivity (Wildman–Crippen MR) is 158 cm³/mol. The summed E-state index contributed by atoms with van der Waals surface area (Å²) in [6.07, 6.45) is 8.74. The summed E-state index contributed by atoms with van der Waals surface area (Å²) in [4.78, 5) is 38.6. The molecule has 41 heavy (non-hydrogen) atoms. The maximum Gasteiger partial charge on any atom is 0.410 e. The number of likely N-dealkylation sites (tertiary alicyclic amines) is 1. The van der Waals surface area contributed by atoms with Gasteiger partial charge in [0.05, 0.1) is 6.04 Å². The molecule has 0 aliphatic carbocycles. The Balaban J connectivity index is 1.36. The summed E-state index contributed by atoms with van der Waals surface area (Å²) in [6, 6.07) is 6.63. The topological polar surface area (TPSA) is 87.8 Å². The molecule has 2 aromatic heterocycles. The van der Waals surface area contributed by atoms with Crippen LogP contribution in [0.15, 0.2) is 30.6 Å². The van der Waals surface area contributed by atoms with Crippen molar-refractivity contribution in [2.75, 3.05) is 26.3 Å². The number of nitrogens with one attached hydrogen (secondary N) is 1. The average Bonchev–Trinajstić information content (AvgIpc) is 3.59. The number of aryl methyl sites for hydroxylation is 1. The lowest BCUT2D eigenvalue weighted by Gasteiger charge is -2.35. The fraction of sp³-hybridized carbons (Fsp3) is 0.545. The molecular formula is C33H42N4O4. The molecule has 8 heteroatoms. The Morgan fingerprint density at radius 1 is 1.10 bits per heavy atom. The van der Waals surface area contributed by atoms with Gasteiger partial charge >= 0.3 is 6.09 Å². The molecule has 0 bridgehead atoms. The van der Waals surface area contributed by atoms with Crippen LogP contribution >= 0.6 is 0 Å². The molecule has 0 radical (unpaired) electrons. The van der Waals surface area contributed by atoms with Gasteiger partial charge in [0.25, 0.3) is 0 Å². The number of H-pyrrole nitrogens is 1. The van der Waals surface area contributed by atoms with Crippen LogP contribution in [0.3, 0.4) is 0 Å². The van der Waals surface area contributed by atoms with E-state index in [-0.39, 0.29) is 18.0 Å². The Morgan fingerprint density at radius 2 is 1.90 bits per heavy atom. The molecule has 1 aromatic carbocycles. The highest BCUT2D eigenvalue weighted by Gasteiger charge is 2.36. The molecule has 8 nitrogen and oxygen atoms in total. The van der Waals surface area contributed by atoms with E-state index in [2.05, 4.69) is 35.1 Å². The van der Waals surface area contributed by atoms with Crippen LogP contribution in [-0.2, 0) is 27.2 Å². The average molecular weight is 559 g/mol. The van der Waals surface area contributed by atoms with E-state index >= 15 is 0 Å².